The van der Waals surface area contributed by atoms with Gasteiger partial charge in [-0.3, -0.25) is 0 Å². The van der Waals surface area contributed by atoms with Crippen LogP contribution in [-0.4, -0.2) is 32.2 Å². The van der Waals surface area contributed by atoms with Crippen LogP contribution in [0.2, 0.25) is 0 Å². The first-order chi connectivity index (χ1) is 7.55. The lowest BCUT2D eigenvalue weighted by Gasteiger charge is -2.34. The van der Waals surface area contributed by atoms with Crippen molar-refractivity contribution in [2.75, 3.05) is 19.8 Å². The van der Waals surface area contributed by atoms with E-state index in [0.717, 1.165) is 39.1 Å². The van der Waals surface area contributed by atoms with Crippen molar-refractivity contribution in [3.05, 3.63) is 12.2 Å². The molecule has 2 saturated heterocycles. The fourth-order valence-electron chi connectivity index (χ4n) is 2.08. The summed E-state index contributed by atoms with van der Waals surface area (Å²) in [5.41, 5.74) is 1.37. The van der Waals surface area contributed by atoms with Gasteiger partial charge in [0.2, 0.25) is 0 Å². The van der Waals surface area contributed by atoms with Gasteiger partial charge < -0.3 is 14.2 Å². The minimum atomic E-state index is -0.0366. The molecule has 2 aliphatic rings. The topological polar surface area (TPSA) is 27.7 Å². The van der Waals surface area contributed by atoms with Gasteiger partial charge in [-0.05, 0) is 18.4 Å². The first-order valence-corrected chi connectivity index (χ1v) is 6.07. The zero-order valence-corrected chi connectivity index (χ0v) is 10.3. The third-order valence-corrected chi connectivity index (χ3v) is 3.08. The van der Waals surface area contributed by atoms with E-state index in [1.54, 1.807) is 0 Å². The van der Waals surface area contributed by atoms with Crippen LogP contribution in [0.3, 0.4) is 0 Å². The van der Waals surface area contributed by atoms with Gasteiger partial charge in [-0.25, -0.2) is 0 Å². The molecule has 2 rings (SSSR count). The SMILES string of the molecule is C=C1COC(CCC2OCC(C)(C)CO2)C1. The van der Waals surface area contributed by atoms with E-state index in [4.69, 9.17) is 14.2 Å². The lowest BCUT2D eigenvalue weighted by Crippen LogP contribution is -2.38. The molecule has 0 radical (unpaired) electrons. The summed E-state index contributed by atoms with van der Waals surface area (Å²) in [7, 11) is 0. The molecule has 16 heavy (non-hydrogen) atoms. The van der Waals surface area contributed by atoms with Crippen molar-refractivity contribution >= 4 is 0 Å². The molecule has 2 heterocycles. The van der Waals surface area contributed by atoms with Gasteiger partial charge in [0.25, 0.3) is 0 Å². The highest BCUT2D eigenvalue weighted by Crippen LogP contribution is 2.27. The third-order valence-electron chi connectivity index (χ3n) is 3.08. The molecule has 1 atom stereocenters. The summed E-state index contributed by atoms with van der Waals surface area (Å²) in [5, 5.41) is 0. The van der Waals surface area contributed by atoms with Crippen molar-refractivity contribution in [3.8, 4) is 0 Å². The largest absolute Gasteiger partial charge is 0.374 e. The molecular weight excluding hydrogens is 204 g/mol. The third kappa shape index (κ3) is 3.30. The van der Waals surface area contributed by atoms with Gasteiger partial charge in [0.05, 0.1) is 25.9 Å². The molecular formula is C13H22O3. The second-order valence-electron chi connectivity index (χ2n) is 5.68. The van der Waals surface area contributed by atoms with Crippen LogP contribution < -0.4 is 0 Å². The summed E-state index contributed by atoms with van der Waals surface area (Å²) in [6.45, 7) is 10.6. The van der Waals surface area contributed by atoms with Gasteiger partial charge in [0.15, 0.2) is 6.29 Å². The Hall–Kier alpha value is -0.380. The van der Waals surface area contributed by atoms with E-state index in [-0.39, 0.29) is 11.7 Å². The molecule has 2 fully saturated rings. The Morgan fingerprint density at radius 2 is 1.88 bits per heavy atom. The summed E-state index contributed by atoms with van der Waals surface area (Å²) in [5.74, 6) is 0. The molecule has 0 aromatic heterocycles. The Morgan fingerprint density at radius 3 is 2.44 bits per heavy atom. The number of hydrogen-bond acceptors (Lipinski definition) is 3. The van der Waals surface area contributed by atoms with Crippen LogP contribution in [0.4, 0.5) is 0 Å². The highest BCUT2D eigenvalue weighted by atomic mass is 16.7. The fraction of sp³-hybridized carbons (Fsp3) is 0.846. The average Bonchev–Trinajstić information content (AvgIpc) is 2.63. The Labute approximate surface area is 97.8 Å². The maximum absolute atomic E-state index is 5.68. The fourth-order valence-corrected chi connectivity index (χ4v) is 2.08. The summed E-state index contributed by atoms with van der Waals surface area (Å²) < 4.78 is 16.9. The van der Waals surface area contributed by atoms with Crippen LogP contribution in [0.15, 0.2) is 12.2 Å². The van der Waals surface area contributed by atoms with Crippen molar-refractivity contribution in [1.29, 1.82) is 0 Å². The monoisotopic (exact) mass is 226 g/mol. The van der Waals surface area contributed by atoms with Crippen LogP contribution in [0.25, 0.3) is 0 Å². The van der Waals surface area contributed by atoms with E-state index in [1.807, 2.05) is 0 Å². The van der Waals surface area contributed by atoms with E-state index in [1.165, 1.54) is 5.57 Å². The Kier molecular flexibility index (Phi) is 3.67. The zero-order valence-electron chi connectivity index (χ0n) is 10.3. The highest BCUT2D eigenvalue weighted by molar-refractivity contribution is 5.01. The van der Waals surface area contributed by atoms with Gasteiger partial charge in [0, 0.05) is 11.8 Å². The Bertz CT molecular complexity index is 250. The average molecular weight is 226 g/mol. The summed E-state index contributed by atoms with van der Waals surface area (Å²) >= 11 is 0. The number of hydrogen-bond donors (Lipinski definition) is 0. The molecule has 1 unspecified atom stereocenters. The Balaban J connectivity index is 1.66. The summed E-state index contributed by atoms with van der Waals surface area (Å²) in [6.07, 6.45) is 3.22. The molecule has 0 amide bonds. The number of ether oxygens (including phenoxy) is 3. The lowest BCUT2D eigenvalue weighted by molar-refractivity contribution is -0.225. The van der Waals surface area contributed by atoms with Gasteiger partial charge in [0.1, 0.15) is 0 Å². The maximum Gasteiger partial charge on any atom is 0.157 e. The second-order valence-corrected chi connectivity index (χ2v) is 5.68. The molecule has 3 nitrogen and oxygen atoms in total. The van der Waals surface area contributed by atoms with Crippen molar-refractivity contribution in [1.82, 2.24) is 0 Å². The van der Waals surface area contributed by atoms with Crippen molar-refractivity contribution < 1.29 is 14.2 Å². The lowest BCUT2D eigenvalue weighted by atomic mass is 9.95. The smallest absolute Gasteiger partial charge is 0.157 e. The van der Waals surface area contributed by atoms with E-state index >= 15 is 0 Å². The molecule has 92 valence electrons. The van der Waals surface area contributed by atoms with Crippen LogP contribution >= 0.6 is 0 Å². The second kappa shape index (κ2) is 4.86. The van der Waals surface area contributed by atoms with Crippen LogP contribution in [0.5, 0.6) is 0 Å². The van der Waals surface area contributed by atoms with Crippen LogP contribution in [0, 0.1) is 5.41 Å². The first kappa shape index (κ1) is 12.1. The minimum absolute atomic E-state index is 0.0366. The van der Waals surface area contributed by atoms with Crippen molar-refractivity contribution in [2.24, 2.45) is 5.41 Å². The van der Waals surface area contributed by atoms with Crippen LogP contribution in [0.1, 0.15) is 33.1 Å². The predicted octanol–water partition coefficient (Wildman–Crippen LogP) is 2.51. The summed E-state index contributed by atoms with van der Waals surface area (Å²) in [6, 6.07) is 0. The van der Waals surface area contributed by atoms with Gasteiger partial charge >= 0.3 is 0 Å². The van der Waals surface area contributed by atoms with Gasteiger partial charge in [-0.1, -0.05) is 20.4 Å². The molecule has 0 aliphatic carbocycles. The predicted molar refractivity (Wildman–Crippen MR) is 62.2 cm³/mol. The van der Waals surface area contributed by atoms with Gasteiger partial charge in [-0.15, -0.1) is 0 Å². The molecule has 0 bridgehead atoms. The molecule has 0 spiro atoms. The quantitative estimate of drug-likeness (QED) is 0.692. The van der Waals surface area contributed by atoms with Gasteiger partial charge in [-0.2, -0.15) is 0 Å². The van der Waals surface area contributed by atoms with E-state index < -0.39 is 0 Å². The minimum Gasteiger partial charge on any atom is -0.374 e. The zero-order chi connectivity index (χ0) is 11.6. The molecule has 3 heteroatoms. The normalized spacial score (nSPS) is 30.9. The first-order valence-electron chi connectivity index (χ1n) is 6.07. The summed E-state index contributed by atoms with van der Waals surface area (Å²) in [4.78, 5) is 0. The number of rotatable bonds is 3. The van der Waals surface area contributed by atoms with E-state index in [2.05, 4.69) is 20.4 Å². The molecule has 0 aromatic carbocycles. The van der Waals surface area contributed by atoms with E-state index in [9.17, 15) is 0 Å². The highest BCUT2D eigenvalue weighted by Gasteiger charge is 2.29. The molecule has 0 N–H and O–H groups in total. The van der Waals surface area contributed by atoms with Crippen molar-refractivity contribution in [3.63, 3.8) is 0 Å². The van der Waals surface area contributed by atoms with Crippen LogP contribution in [-0.2, 0) is 14.2 Å². The maximum atomic E-state index is 5.68. The standard InChI is InChI=1S/C13H22O3/c1-10-6-11(14-7-10)4-5-12-15-8-13(2,3)9-16-12/h11-12H,1,4-9H2,2-3H3. The molecule has 0 aromatic rings. The van der Waals surface area contributed by atoms with Crippen molar-refractivity contribution in [2.45, 2.75) is 45.5 Å². The Morgan fingerprint density at radius 1 is 1.19 bits per heavy atom. The molecule has 0 saturated carbocycles. The van der Waals surface area contributed by atoms with E-state index in [0.29, 0.717) is 6.10 Å². The molecule has 2 aliphatic heterocycles.